The van der Waals surface area contributed by atoms with Crippen LogP contribution in [0.1, 0.15) is 16.8 Å². The molecule has 0 spiro atoms. The van der Waals surface area contributed by atoms with Crippen molar-refractivity contribution >= 4 is 28.7 Å². The van der Waals surface area contributed by atoms with Gasteiger partial charge in [0, 0.05) is 12.3 Å². The predicted octanol–water partition coefficient (Wildman–Crippen LogP) is 0.860. The number of halogens is 2. The SMILES string of the molecule is NC(=O)c1cn(-c2ccc(F)cc2F)c2nc(N3C[C@@H](O)CC3=O)ccc2c1=O. The Morgan fingerprint density at radius 1 is 1.21 bits per heavy atom. The normalized spacial score (nSPS) is 16.6. The lowest BCUT2D eigenvalue weighted by Crippen LogP contribution is -2.28. The van der Waals surface area contributed by atoms with E-state index in [1.165, 1.54) is 17.0 Å². The molecule has 0 bridgehead atoms. The zero-order chi connectivity index (χ0) is 20.9. The first kappa shape index (κ1) is 18.7. The molecule has 8 nitrogen and oxygen atoms in total. The number of β-amino-alcohol motifs (C(OH)–C–C–N with tert-alkyl or cyclic N) is 1. The summed E-state index contributed by atoms with van der Waals surface area (Å²) in [6.07, 6.45) is 0.106. The van der Waals surface area contributed by atoms with Gasteiger partial charge in [-0.05, 0) is 24.3 Å². The maximum atomic E-state index is 14.4. The Kier molecular flexibility index (Phi) is 4.35. The Labute approximate surface area is 161 Å². The largest absolute Gasteiger partial charge is 0.391 e. The van der Waals surface area contributed by atoms with Gasteiger partial charge in [-0.3, -0.25) is 23.9 Å². The number of hydrogen-bond acceptors (Lipinski definition) is 5. The molecule has 0 radical (unpaired) electrons. The van der Waals surface area contributed by atoms with Crippen molar-refractivity contribution in [2.45, 2.75) is 12.5 Å². The number of aromatic nitrogens is 2. The van der Waals surface area contributed by atoms with E-state index in [1.54, 1.807) is 0 Å². The van der Waals surface area contributed by atoms with E-state index in [2.05, 4.69) is 4.98 Å². The second kappa shape index (κ2) is 6.74. The van der Waals surface area contributed by atoms with Crippen LogP contribution in [0.15, 0.2) is 41.3 Å². The van der Waals surface area contributed by atoms with Crippen LogP contribution in [0.5, 0.6) is 0 Å². The molecule has 2 amide bonds. The smallest absolute Gasteiger partial charge is 0.254 e. The average molecular weight is 400 g/mol. The molecular formula is C19H14F2N4O4. The molecule has 29 heavy (non-hydrogen) atoms. The number of amides is 2. The molecular weight excluding hydrogens is 386 g/mol. The van der Waals surface area contributed by atoms with Gasteiger partial charge in [0.05, 0.1) is 30.1 Å². The lowest BCUT2D eigenvalue weighted by molar-refractivity contribution is -0.117. The molecule has 0 aliphatic carbocycles. The second-order valence-corrected chi connectivity index (χ2v) is 6.60. The van der Waals surface area contributed by atoms with E-state index in [1.807, 2.05) is 0 Å². The molecule has 1 atom stereocenters. The third kappa shape index (κ3) is 3.13. The first-order valence-corrected chi connectivity index (χ1v) is 8.56. The Balaban J connectivity index is 2.02. The molecule has 0 saturated carbocycles. The highest BCUT2D eigenvalue weighted by Crippen LogP contribution is 2.25. The summed E-state index contributed by atoms with van der Waals surface area (Å²) in [5.74, 6) is -3.00. The van der Waals surface area contributed by atoms with E-state index in [-0.39, 0.29) is 41.4 Å². The molecule has 3 N–H and O–H groups in total. The third-order valence-electron chi connectivity index (χ3n) is 4.65. The van der Waals surface area contributed by atoms with Crippen LogP contribution in [0.2, 0.25) is 0 Å². The molecule has 1 saturated heterocycles. The van der Waals surface area contributed by atoms with Gasteiger partial charge in [0.15, 0.2) is 5.65 Å². The molecule has 2 aromatic heterocycles. The van der Waals surface area contributed by atoms with E-state index < -0.39 is 34.6 Å². The number of rotatable bonds is 3. The standard InChI is InChI=1S/C19H14F2N4O4/c20-9-1-3-14(13(21)5-9)24-8-12(18(22)29)17(28)11-2-4-15(23-19(11)24)25-7-10(26)6-16(25)27/h1-5,8,10,26H,6-7H2,(H2,22,29)/t10-/m0/s1. The van der Waals surface area contributed by atoms with Crippen molar-refractivity contribution in [1.82, 2.24) is 9.55 Å². The van der Waals surface area contributed by atoms with Gasteiger partial charge in [-0.25, -0.2) is 13.8 Å². The van der Waals surface area contributed by atoms with Gasteiger partial charge in [0.1, 0.15) is 23.0 Å². The van der Waals surface area contributed by atoms with Gasteiger partial charge >= 0.3 is 0 Å². The van der Waals surface area contributed by atoms with Crippen molar-refractivity contribution in [3.63, 3.8) is 0 Å². The van der Waals surface area contributed by atoms with Crippen molar-refractivity contribution in [2.75, 3.05) is 11.4 Å². The maximum Gasteiger partial charge on any atom is 0.254 e. The molecule has 148 valence electrons. The van der Waals surface area contributed by atoms with Gasteiger partial charge in [-0.1, -0.05) is 0 Å². The number of benzene rings is 1. The van der Waals surface area contributed by atoms with Crippen LogP contribution in [0, 0.1) is 11.6 Å². The number of hydrogen-bond donors (Lipinski definition) is 2. The van der Waals surface area contributed by atoms with Gasteiger partial charge < -0.3 is 10.8 Å². The molecule has 3 aromatic rings. The Bertz CT molecular complexity index is 1240. The van der Waals surface area contributed by atoms with E-state index in [0.29, 0.717) is 6.07 Å². The molecule has 0 unspecified atom stereocenters. The lowest BCUT2D eigenvalue weighted by Gasteiger charge is -2.17. The topological polar surface area (TPSA) is 119 Å². The first-order valence-electron chi connectivity index (χ1n) is 8.56. The van der Waals surface area contributed by atoms with Crippen LogP contribution in [-0.2, 0) is 4.79 Å². The molecule has 4 rings (SSSR count). The number of aliphatic hydroxyl groups is 1. The fourth-order valence-corrected chi connectivity index (χ4v) is 3.29. The summed E-state index contributed by atoms with van der Waals surface area (Å²) < 4.78 is 28.9. The quantitative estimate of drug-likeness (QED) is 0.676. The Morgan fingerprint density at radius 3 is 2.59 bits per heavy atom. The zero-order valence-corrected chi connectivity index (χ0v) is 14.8. The minimum absolute atomic E-state index is 0.0197. The van der Waals surface area contributed by atoms with Crippen molar-refractivity contribution in [3.8, 4) is 5.69 Å². The summed E-state index contributed by atoms with van der Waals surface area (Å²) in [6, 6.07) is 5.50. The summed E-state index contributed by atoms with van der Waals surface area (Å²) in [5, 5.41) is 9.66. The minimum atomic E-state index is -1.02. The van der Waals surface area contributed by atoms with E-state index >= 15 is 0 Å². The van der Waals surface area contributed by atoms with Crippen molar-refractivity contribution < 1.29 is 23.5 Å². The highest BCUT2D eigenvalue weighted by molar-refractivity contribution is 5.98. The van der Waals surface area contributed by atoms with Crippen LogP contribution in [-0.4, -0.2) is 39.1 Å². The van der Waals surface area contributed by atoms with Gasteiger partial charge in [-0.15, -0.1) is 0 Å². The summed E-state index contributed by atoms with van der Waals surface area (Å²) in [6.45, 7) is 0.0197. The maximum absolute atomic E-state index is 14.4. The van der Waals surface area contributed by atoms with Crippen molar-refractivity contribution in [1.29, 1.82) is 0 Å². The van der Waals surface area contributed by atoms with E-state index in [4.69, 9.17) is 5.73 Å². The molecule has 1 fully saturated rings. The highest BCUT2D eigenvalue weighted by atomic mass is 19.1. The summed E-state index contributed by atoms with van der Waals surface area (Å²) in [5.41, 5.74) is 3.93. The first-order chi connectivity index (χ1) is 13.8. The van der Waals surface area contributed by atoms with Gasteiger partial charge in [0.2, 0.25) is 11.3 Å². The third-order valence-corrected chi connectivity index (χ3v) is 4.65. The monoisotopic (exact) mass is 400 g/mol. The average Bonchev–Trinajstić information content (AvgIpc) is 3.00. The molecule has 1 aliphatic heterocycles. The number of pyridine rings is 2. The second-order valence-electron chi connectivity index (χ2n) is 6.60. The predicted molar refractivity (Wildman–Crippen MR) is 98.8 cm³/mol. The van der Waals surface area contributed by atoms with Crippen LogP contribution >= 0.6 is 0 Å². The summed E-state index contributed by atoms with van der Waals surface area (Å²) in [7, 11) is 0. The van der Waals surface area contributed by atoms with Gasteiger partial charge in [0.25, 0.3) is 5.91 Å². The molecule has 10 heteroatoms. The van der Waals surface area contributed by atoms with Crippen LogP contribution in [0.4, 0.5) is 14.6 Å². The van der Waals surface area contributed by atoms with Crippen LogP contribution in [0.3, 0.4) is 0 Å². The summed E-state index contributed by atoms with van der Waals surface area (Å²) in [4.78, 5) is 41.9. The highest BCUT2D eigenvalue weighted by Gasteiger charge is 2.30. The number of carbonyl (C=O) groups is 2. The summed E-state index contributed by atoms with van der Waals surface area (Å²) >= 11 is 0. The Morgan fingerprint density at radius 2 is 1.97 bits per heavy atom. The number of carbonyl (C=O) groups excluding carboxylic acids is 2. The minimum Gasteiger partial charge on any atom is -0.391 e. The number of fused-ring (bicyclic) bond motifs is 1. The van der Waals surface area contributed by atoms with Crippen LogP contribution in [0.25, 0.3) is 16.7 Å². The van der Waals surface area contributed by atoms with E-state index in [0.717, 1.165) is 22.9 Å². The number of aliphatic hydroxyl groups excluding tert-OH is 1. The Hall–Kier alpha value is -3.66. The van der Waals surface area contributed by atoms with Crippen molar-refractivity contribution in [2.24, 2.45) is 5.73 Å². The lowest BCUT2D eigenvalue weighted by atomic mass is 10.1. The van der Waals surface area contributed by atoms with Crippen LogP contribution < -0.4 is 16.1 Å². The number of primary amides is 1. The van der Waals surface area contributed by atoms with E-state index in [9.17, 15) is 28.3 Å². The fourth-order valence-electron chi connectivity index (χ4n) is 3.29. The number of nitrogens with two attached hydrogens (primary N) is 1. The fraction of sp³-hybridized carbons (Fsp3) is 0.158. The zero-order valence-electron chi connectivity index (χ0n) is 14.8. The molecule has 3 heterocycles. The number of nitrogens with zero attached hydrogens (tertiary/aromatic N) is 3. The number of anilines is 1. The molecule has 1 aliphatic rings. The molecule has 1 aromatic carbocycles. The van der Waals surface area contributed by atoms with Crippen molar-refractivity contribution in [3.05, 3.63) is 63.9 Å². The van der Waals surface area contributed by atoms with Gasteiger partial charge in [-0.2, -0.15) is 0 Å².